The van der Waals surface area contributed by atoms with Crippen LogP contribution in [0.4, 0.5) is 4.39 Å². The molecule has 1 nitrogen and oxygen atoms in total. The first kappa shape index (κ1) is 18.1. The third-order valence-corrected chi connectivity index (χ3v) is 5.60. The number of hydrogen-bond donors (Lipinski definition) is 0. The van der Waals surface area contributed by atoms with Crippen LogP contribution in [0.25, 0.3) is 5.57 Å². The second-order valence-electron chi connectivity index (χ2n) is 6.40. The zero-order chi connectivity index (χ0) is 17.5. The Morgan fingerprint density at radius 1 is 1.08 bits per heavy atom. The Kier molecular flexibility index (Phi) is 6.22. The van der Waals surface area contributed by atoms with E-state index in [0.717, 1.165) is 28.9 Å². The number of benzene rings is 1. The zero-order valence-corrected chi connectivity index (χ0v) is 15.5. The van der Waals surface area contributed by atoms with Crippen molar-refractivity contribution in [3.63, 3.8) is 0 Å². The van der Waals surface area contributed by atoms with Crippen molar-refractivity contribution in [1.29, 1.82) is 0 Å². The molecule has 3 rings (SSSR count). The highest BCUT2D eigenvalue weighted by Crippen LogP contribution is 2.41. The van der Waals surface area contributed by atoms with Gasteiger partial charge in [-0.1, -0.05) is 68.7 Å². The van der Waals surface area contributed by atoms with E-state index < -0.39 is 11.8 Å². The van der Waals surface area contributed by atoms with E-state index in [4.69, 9.17) is 4.74 Å². The molecule has 3 heteroatoms. The first-order valence-electron chi connectivity index (χ1n) is 9.05. The predicted octanol–water partition coefficient (Wildman–Crippen LogP) is 6.53. The molecule has 132 valence electrons. The summed E-state index contributed by atoms with van der Waals surface area (Å²) in [4.78, 5) is 0.926. The normalized spacial score (nSPS) is 22.8. The van der Waals surface area contributed by atoms with Crippen molar-refractivity contribution in [3.8, 4) is 0 Å². The molecule has 1 heterocycles. The number of alkyl halides is 1. The van der Waals surface area contributed by atoms with Gasteiger partial charge in [-0.2, -0.15) is 0 Å². The van der Waals surface area contributed by atoms with Crippen LogP contribution < -0.4 is 0 Å². The summed E-state index contributed by atoms with van der Waals surface area (Å²) in [6, 6.07) is 13.9. The Hall–Kier alpha value is -1.71. The maximum Gasteiger partial charge on any atom is 0.157 e. The van der Waals surface area contributed by atoms with Crippen molar-refractivity contribution in [3.05, 3.63) is 76.5 Å². The lowest BCUT2D eigenvalue weighted by molar-refractivity contribution is -0.0523. The molecular formula is C22H25FOS. The van der Waals surface area contributed by atoms with Gasteiger partial charge in [-0.05, 0) is 41.2 Å². The summed E-state index contributed by atoms with van der Waals surface area (Å²) in [5.74, 6) is 0. The van der Waals surface area contributed by atoms with Gasteiger partial charge < -0.3 is 4.74 Å². The van der Waals surface area contributed by atoms with Gasteiger partial charge in [-0.3, -0.25) is 0 Å². The molecule has 2 aromatic rings. The lowest BCUT2D eigenvalue weighted by atomic mass is 9.86. The summed E-state index contributed by atoms with van der Waals surface area (Å²) in [5.41, 5.74) is 0.956. The van der Waals surface area contributed by atoms with E-state index >= 15 is 4.39 Å². The molecular weight excluding hydrogens is 331 g/mol. The Balaban J connectivity index is 1.80. The topological polar surface area (TPSA) is 9.23 Å². The molecule has 0 fully saturated rings. The Bertz CT molecular complexity index is 705. The van der Waals surface area contributed by atoms with Gasteiger partial charge in [0.05, 0.1) is 0 Å². The van der Waals surface area contributed by atoms with Crippen LogP contribution in [0.5, 0.6) is 0 Å². The van der Waals surface area contributed by atoms with Crippen molar-refractivity contribution in [2.24, 2.45) is 0 Å². The van der Waals surface area contributed by atoms with Crippen LogP contribution in [0.2, 0.25) is 0 Å². The summed E-state index contributed by atoms with van der Waals surface area (Å²) in [6.07, 6.45) is 8.88. The summed E-state index contributed by atoms with van der Waals surface area (Å²) in [5, 5.41) is 1.98. The second-order valence-corrected chi connectivity index (χ2v) is 7.35. The van der Waals surface area contributed by atoms with Crippen molar-refractivity contribution < 1.29 is 9.13 Å². The Morgan fingerprint density at radius 3 is 2.60 bits per heavy atom. The van der Waals surface area contributed by atoms with Crippen LogP contribution in [0, 0.1) is 0 Å². The highest BCUT2D eigenvalue weighted by atomic mass is 32.1. The fourth-order valence-corrected chi connectivity index (χ4v) is 4.04. The van der Waals surface area contributed by atoms with Gasteiger partial charge in [0, 0.05) is 11.5 Å². The second kappa shape index (κ2) is 8.59. The fourth-order valence-electron chi connectivity index (χ4n) is 3.15. The van der Waals surface area contributed by atoms with E-state index in [-0.39, 0.29) is 0 Å². The van der Waals surface area contributed by atoms with Gasteiger partial charge >= 0.3 is 0 Å². The minimum Gasteiger partial charge on any atom is -0.362 e. The molecule has 0 radical (unpaired) electrons. The third-order valence-electron chi connectivity index (χ3n) is 4.60. The van der Waals surface area contributed by atoms with Crippen molar-refractivity contribution in [2.45, 2.75) is 44.4 Å². The lowest BCUT2D eigenvalue weighted by Gasteiger charge is -2.34. The molecule has 25 heavy (non-hydrogen) atoms. The summed E-state index contributed by atoms with van der Waals surface area (Å²) in [6.45, 7) is 2.77. The van der Waals surface area contributed by atoms with Crippen LogP contribution in [-0.2, 0) is 10.3 Å². The van der Waals surface area contributed by atoms with E-state index in [9.17, 15) is 0 Å². The van der Waals surface area contributed by atoms with Crippen molar-refractivity contribution in [2.75, 3.05) is 6.61 Å². The third kappa shape index (κ3) is 4.10. The molecule has 0 spiro atoms. The van der Waals surface area contributed by atoms with E-state index in [1.807, 2.05) is 60.0 Å². The lowest BCUT2D eigenvalue weighted by Crippen LogP contribution is -2.38. The van der Waals surface area contributed by atoms with E-state index in [2.05, 4.69) is 6.92 Å². The first-order valence-corrected chi connectivity index (χ1v) is 9.92. The van der Waals surface area contributed by atoms with Crippen LogP contribution in [0.1, 0.15) is 43.0 Å². The molecule has 0 bridgehead atoms. The SMILES string of the molecule is CCCCCCOC1(c2cccs2)C=CC(c2ccccc2)=CC1F. The molecule has 1 aliphatic carbocycles. The maximum atomic E-state index is 15.3. The van der Waals surface area contributed by atoms with Gasteiger partial charge in [0.2, 0.25) is 0 Å². The molecule has 2 atom stereocenters. The fraction of sp³-hybridized carbons (Fsp3) is 0.364. The average molecular weight is 357 g/mol. The van der Waals surface area contributed by atoms with Crippen LogP contribution >= 0.6 is 11.3 Å². The molecule has 1 aliphatic rings. The maximum absolute atomic E-state index is 15.3. The van der Waals surface area contributed by atoms with E-state index in [0.29, 0.717) is 6.61 Å². The number of rotatable bonds is 8. The van der Waals surface area contributed by atoms with E-state index in [1.165, 1.54) is 12.8 Å². The number of thiophene rings is 1. The van der Waals surface area contributed by atoms with Gasteiger partial charge in [-0.25, -0.2) is 4.39 Å². The monoisotopic (exact) mass is 356 g/mol. The average Bonchev–Trinajstić information content (AvgIpc) is 3.19. The van der Waals surface area contributed by atoms with Gasteiger partial charge in [0.15, 0.2) is 11.8 Å². The van der Waals surface area contributed by atoms with Crippen LogP contribution in [0.3, 0.4) is 0 Å². The largest absolute Gasteiger partial charge is 0.362 e. The Morgan fingerprint density at radius 2 is 1.92 bits per heavy atom. The van der Waals surface area contributed by atoms with Gasteiger partial charge in [-0.15, -0.1) is 11.3 Å². The van der Waals surface area contributed by atoms with Crippen molar-refractivity contribution >= 4 is 16.9 Å². The van der Waals surface area contributed by atoms with Gasteiger partial charge in [0.1, 0.15) is 0 Å². The highest BCUT2D eigenvalue weighted by Gasteiger charge is 2.41. The number of halogens is 1. The molecule has 0 saturated heterocycles. The molecule has 0 saturated carbocycles. The highest BCUT2D eigenvalue weighted by molar-refractivity contribution is 7.10. The minimum atomic E-state index is -1.20. The summed E-state index contributed by atoms with van der Waals surface area (Å²) >= 11 is 1.55. The quantitative estimate of drug-likeness (QED) is 0.488. The molecule has 0 aliphatic heterocycles. The number of hydrogen-bond acceptors (Lipinski definition) is 2. The predicted molar refractivity (Wildman–Crippen MR) is 105 cm³/mol. The molecule has 0 amide bonds. The van der Waals surface area contributed by atoms with Gasteiger partial charge in [0.25, 0.3) is 0 Å². The van der Waals surface area contributed by atoms with E-state index in [1.54, 1.807) is 17.4 Å². The standard InChI is InChI=1S/C22H25FOS/c1-2-3-4-8-15-24-22(21-12-9-16-25-21)14-13-19(17-20(22)23)18-10-6-5-7-11-18/h5-7,9-14,16-17,20H,2-4,8,15H2,1H3. The smallest absolute Gasteiger partial charge is 0.157 e. The molecule has 0 N–H and O–H groups in total. The number of unbranched alkanes of at least 4 members (excludes halogenated alkanes) is 3. The number of allylic oxidation sites excluding steroid dienone is 2. The summed E-state index contributed by atoms with van der Waals surface area (Å²) in [7, 11) is 0. The minimum absolute atomic E-state index is 0.581. The first-order chi connectivity index (χ1) is 12.3. The van der Waals surface area contributed by atoms with Crippen molar-refractivity contribution in [1.82, 2.24) is 0 Å². The molecule has 2 unspecified atom stereocenters. The summed E-state index contributed by atoms with van der Waals surface area (Å²) < 4.78 is 21.5. The van der Waals surface area contributed by atoms with Crippen LogP contribution in [0.15, 0.2) is 66.1 Å². The number of ether oxygens (including phenoxy) is 1. The Labute approximate surface area is 153 Å². The molecule has 1 aromatic carbocycles. The molecule has 1 aromatic heterocycles. The zero-order valence-electron chi connectivity index (χ0n) is 14.7. The van der Waals surface area contributed by atoms with Crippen LogP contribution in [-0.4, -0.2) is 12.8 Å².